The van der Waals surface area contributed by atoms with Gasteiger partial charge in [0.2, 0.25) is 5.91 Å². The van der Waals surface area contributed by atoms with Crippen LogP contribution in [0.2, 0.25) is 0 Å². The third kappa shape index (κ3) is 3.45. The summed E-state index contributed by atoms with van der Waals surface area (Å²) in [5.41, 5.74) is -0.277. The molecule has 5 nitrogen and oxygen atoms in total. The van der Waals surface area contributed by atoms with E-state index in [4.69, 9.17) is 0 Å². The number of hydrogen-bond donors (Lipinski definition) is 0. The van der Waals surface area contributed by atoms with Crippen LogP contribution < -0.4 is 0 Å². The zero-order valence-corrected chi connectivity index (χ0v) is 10.8. The highest BCUT2D eigenvalue weighted by Crippen LogP contribution is 2.32. The van der Waals surface area contributed by atoms with Gasteiger partial charge in [0, 0.05) is 20.0 Å². The summed E-state index contributed by atoms with van der Waals surface area (Å²) in [4.78, 5) is 12.9. The van der Waals surface area contributed by atoms with Crippen LogP contribution in [0.3, 0.4) is 0 Å². The standard InChI is InChI=1S/C10H19NO4S/c1-9(12)11-6-4-10(2,5-7-11)8-16(13,14)15-3/h4-8H2,1-3H3. The summed E-state index contributed by atoms with van der Waals surface area (Å²) in [5, 5.41) is 0. The average Bonchev–Trinajstić information content (AvgIpc) is 2.17. The molecule has 0 saturated carbocycles. The molecule has 1 fully saturated rings. The largest absolute Gasteiger partial charge is 0.343 e. The molecule has 94 valence electrons. The van der Waals surface area contributed by atoms with Crippen molar-refractivity contribution in [2.24, 2.45) is 5.41 Å². The Labute approximate surface area is 96.9 Å². The second-order valence-corrected chi connectivity index (χ2v) is 6.42. The third-order valence-corrected chi connectivity index (χ3v) is 4.75. The zero-order valence-electron chi connectivity index (χ0n) is 10.0. The molecule has 0 spiro atoms. The van der Waals surface area contributed by atoms with Crippen LogP contribution in [0.5, 0.6) is 0 Å². The lowest BCUT2D eigenvalue weighted by Crippen LogP contribution is -2.43. The Hall–Kier alpha value is -0.620. The maximum Gasteiger partial charge on any atom is 0.267 e. The van der Waals surface area contributed by atoms with Gasteiger partial charge in [0.05, 0.1) is 12.9 Å². The smallest absolute Gasteiger partial charge is 0.267 e. The van der Waals surface area contributed by atoms with Crippen LogP contribution >= 0.6 is 0 Å². The van der Waals surface area contributed by atoms with Crippen molar-refractivity contribution in [3.8, 4) is 0 Å². The molecule has 0 atom stereocenters. The highest BCUT2D eigenvalue weighted by molar-refractivity contribution is 7.86. The molecule has 0 bridgehead atoms. The summed E-state index contributed by atoms with van der Waals surface area (Å²) < 4.78 is 27.2. The predicted octanol–water partition coefficient (Wildman–Crippen LogP) is 0.611. The highest BCUT2D eigenvalue weighted by Gasteiger charge is 2.35. The first kappa shape index (κ1) is 13.4. The Morgan fingerprint density at radius 2 is 1.88 bits per heavy atom. The van der Waals surface area contributed by atoms with E-state index in [1.165, 1.54) is 14.0 Å². The second kappa shape index (κ2) is 4.71. The van der Waals surface area contributed by atoms with Gasteiger partial charge >= 0.3 is 0 Å². The van der Waals surface area contributed by atoms with E-state index < -0.39 is 10.1 Å². The maximum absolute atomic E-state index is 11.4. The van der Waals surface area contributed by atoms with Crippen molar-refractivity contribution in [3.05, 3.63) is 0 Å². The van der Waals surface area contributed by atoms with E-state index in [0.717, 1.165) is 0 Å². The fraction of sp³-hybridized carbons (Fsp3) is 0.900. The van der Waals surface area contributed by atoms with Gasteiger partial charge in [-0.2, -0.15) is 8.42 Å². The molecule has 1 aliphatic heterocycles. The normalized spacial score (nSPS) is 20.8. The molecular formula is C10H19NO4S. The lowest BCUT2D eigenvalue weighted by Gasteiger charge is -2.38. The van der Waals surface area contributed by atoms with E-state index in [-0.39, 0.29) is 17.1 Å². The molecule has 0 radical (unpaired) electrons. The zero-order chi connectivity index (χ0) is 12.4. The molecule has 1 heterocycles. The number of carbonyl (C=O) groups is 1. The van der Waals surface area contributed by atoms with Crippen molar-refractivity contribution in [2.45, 2.75) is 26.7 Å². The van der Waals surface area contributed by atoms with Gasteiger partial charge in [0.1, 0.15) is 0 Å². The molecule has 0 N–H and O–H groups in total. The molecule has 1 rings (SSSR count). The van der Waals surface area contributed by atoms with Crippen LogP contribution in [0, 0.1) is 5.41 Å². The monoisotopic (exact) mass is 249 g/mol. The lowest BCUT2D eigenvalue weighted by atomic mass is 9.82. The summed E-state index contributed by atoms with van der Waals surface area (Å²) in [5.74, 6) is 0.0825. The number of piperidine rings is 1. The van der Waals surface area contributed by atoms with Gasteiger partial charge in [-0.25, -0.2) is 0 Å². The first-order valence-electron chi connectivity index (χ1n) is 5.32. The molecule has 0 aromatic heterocycles. The lowest BCUT2D eigenvalue weighted by molar-refractivity contribution is -0.130. The van der Waals surface area contributed by atoms with E-state index in [1.54, 1.807) is 4.90 Å². The topological polar surface area (TPSA) is 63.7 Å². The number of likely N-dealkylation sites (tertiary alicyclic amines) is 1. The summed E-state index contributed by atoms with van der Waals surface area (Å²) in [7, 11) is -2.23. The van der Waals surface area contributed by atoms with Gasteiger partial charge in [0.15, 0.2) is 0 Å². The minimum atomic E-state index is -3.42. The molecule has 1 amide bonds. The molecule has 1 saturated heterocycles. The van der Waals surface area contributed by atoms with E-state index >= 15 is 0 Å². The first-order chi connectivity index (χ1) is 7.28. The number of hydrogen-bond acceptors (Lipinski definition) is 4. The van der Waals surface area contributed by atoms with Crippen LogP contribution in [0.4, 0.5) is 0 Å². The molecular weight excluding hydrogens is 230 g/mol. The van der Waals surface area contributed by atoms with E-state index in [0.29, 0.717) is 25.9 Å². The number of nitrogens with zero attached hydrogens (tertiary/aromatic N) is 1. The molecule has 6 heteroatoms. The Morgan fingerprint density at radius 3 is 2.25 bits per heavy atom. The van der Waals surface area contributed by atoms with E-state index in [9.17, 15) is 13.2 Å². The Morgan fingerprint density at radius 1 is 1.38 bits per heavy atom. The SMILES string of the molecule is COS(=O)(=O)CC1(C)CCN(C(C)=O)CC1. The van der Waals surface area contributed by atoms with Crippen LogP contribution in [0.15, 0.2) is 0 Å². The van der Waals surface area contributed by atoms with Crippen molar-refractivity contribution >= 4 is 16.0 Å². The van der Waals surface area contributed by atoms with Gasteiger partial charge in [-0.15, -0.1) is 0 Å². The first-order valence-corrected chi connectivity index (χ1v) is 6.90. The van der Waals surface area contributed by atoms with Crippen molar-refractivity contribution in [1.29, 1.82) is 0 Å². The molecule has 0 aliphatic carbocycles. The molecule has 1 aliphatic rings. The fourth-order valence-corrected chi connectivity index (χ4v) is 3.25. The Balaban J connectivity index is 2.60. The van der Waals surface area contributed by atoms with Crippen molar-refractivity contribution < 1.29 is 17.4 Å². The summed E-state index contributed by atoms with van der Waals surface area (Å²) in [6.07, 6.45) is 1.41. The minimum absolute atomic E-state index is 0.0300. The van der Waals surface area contributed by atoms with Crippen molar-refractivity contribution in [2.75, 3.05) is 26.0 Å². The second-order valence-electron chi connectivity index (χ2n) is 4.69. The number of amides is 1. The number of rotatable bonds is 3. The molecule has 16 heavy (non-hydrogen) atoms. The van der Waals surface area contributed by atoms with Gasteiger partial charge in [-0.1, -0.05) is 6.92 Å². The fourth-order valence-electron chi connectivity index (χ4n) is 1.99. The quantitative estimate of drug-likeness (QED) is 0.688. The van der Waals surface area contributed by atoms with Gasteiger partial charge in [-0.3, -0.25) is 8.98 Å². The summed E-state index contributed by atoms with van der Waals surface area (Å²) in [6.45, 7) is 4.73. The van der Waals surface area contributed by atoms with Crippen molar-refractivity contribution in [3.63, 3.8) is 0 Å². The van der Waals surface area contributed by atoms with E-state index in [2.05, 4.69) is 4.18 Å². The Bertz CT molecular complexity index is 355. The minimum Gasteiger partial charge on any atom is -0.343 e. The van der Waals surface area contributed by atoms with Crippen LogP contribution in [0.1, 0.15) is 26.7 Å². The van der Waals surface area contributed by atoms with Crippen molar-refractivity contribution in [1.82, 2.24) is 4.90 Å². The third-order valence-electron chi connectivity index (χ3n) is 3.20. The average molecular weight is 249 g/mol. The summed E-state index contributed by atoms with van der Waals surface area (Å²) >= 11 is 0. The maximum atomic E-state index is 11.4. The van der Waals surface area contributed by atoms with Gasteiger partial charge in [0.25, 0.3) is 10.1 Å². The van der Waals surface area contributed by atoms with Gasteiger partial charge < -0.3 is 4.90 Å². The van der Waals surface area contributed by atoms with Crippen LogP contribution in [0.25, 0.3) is 0 Å². The van der Waals surface area contributed by atoms with Crippen LogP contribution in [-0.2, 0) is 19.1 Å². The molecule has 0 aromatic rings. The van der Waals surface area contributed by atoms with Gasteiger partial charge in [-0.05, 0) is 18.3 Å². The van der Waals surface area contributed by atoms with E-state index in [1.807, 2.05) is 6.92 Å². The highest BCUT2D eigenvalue weighted by atomic mass is 32.2. The number of carbonyl (C=O) groups excluding carboxylic acids is 1. The predicted molar refractivity (Wildman–Crippen MR) is 60.4 cm³/mol. The Kier molecular flexibility index (Phi) is 3.96. The summed E-state index contributed by atoms with van der Waals surface area (Å²) in [6, 6.07) is 0. The molecule has 0 unspecified atom stereocenters. The molecule has 0 aromatic carbocycles. The van der Waals surface area contributed by atoms with Crippen LogP contribution in [-0.4, -0.2) is 45.2 Å².